The summed E-state index contributed by atoms with van der Waals surface area (Å²) < 4.78 is 24.7. The Bertz CT molecular complexity index is 1080. The number of amides is 1. The highest BCUT2D eigenvalue weighted by Gasteiger charge is 2.18. The molecule has 0 spiro atoms. The van der Waals surface area contributed by atoms with Crippen LogP contribution in [0.25, 0.3) is 11.0 Å². The zero-order valence-corrected chi connectivity index (χ0v) is 15.2. The number of anilines is 1. The monoisotopic (exact) mass is 358 g/mol. The van der Waals surface area contributed by atoms with Crippen molar-refractivity contribution in [3.8, 4) is 0 Å². The first-order valence-corrected chi connectivity index (χ1v) is 9.48. The summed E-state index contributed by atoms with van der Waals surface area (Å²) in [4.78, 5) is 17.4. The maximum atomic E-state index is 12.7. The van der Waals surface area contributed by atoms with Gasteiger partial charge >= 0.3 is 0 Å². The van der Waals surface area contributed by atoms with Crippen molar-refractivity contribution in [3.63, 3.8) is 0 Å². The molecule has 0 fully saturated rings. The van der Waals surface area contributed by atoms with Crippen LogP contribution < -0.4 is 5.32 Å². The van der Waals surface area contributed by atoms with Crippen molar-refractivity contribution in [2.45, 2.75) is 18.7 Å². The molecule has 0 radical (unpaired) electrons. The second-order valence-corrected chi connectivity index (χ2v) is 7.99. The number of aromatic nitrogens is 3. The average molecular weight is 358 g/mol. The van der Waals surface area contributed by atoms with Crippen molar-refractivity contribution < 1.29 is 13.2 Å². The third-order valence-electron chi connectivity index (χ3n) is 3.88. The molecule has 25 heavy (non-hydrogen) atoms. The van der Waals surface area contributed by atoms with Gasteiger partial charge in [-0.3, -0.25) is 9.48 Å². The Kier molecular flexibility index (Phi) is 4.08. The molecule has 0 bridgehead atoms. The van der Waals surface area contributed by atoms with Crippen LogP contribution in [0.5, 0.6) is 0 Å². The number of hydrogen-bond acceptors (Lipinski definition) is 5. The van der Waals surface area contributed by atoms with Crippen LogP contribution in [-0.2, 0) is 16.9 Å². The van der Waals surface area contributed by atoms with E-state index in [1.807, 2.05) is 13.8 Å². The maximum absolute atomic E-state index is 12.7. The van der Waals surface area contributed by atoms with Crippen molar-refractivity contribution >= 4 is 32.5 Å². The molecule has 0 aliphatic rings. The first-order valence-electron chi connectivity index (χ1n) is 7.59. The minimum absolute atomic E-state index is 0.204. The quantitative estimate of drug-likeness (QED) is 0.775. The van der Waals surface area contributed by atoms with E-state index in [9.17, 15) is 13.2 Å². The van der Waals surface area contributed by atoms with Gasteiger partial charge in [-0.15, -0.1) is 0 Å². The molecule has 8 heteroatoms. The molecule has 0 atom stereocenters. The van der Waals surface area contributed by atoms with Gasteiger partial charge in [0.05, 0.1) is 21.5 Å². The molecule has 1 aromatic carbocycles. The molecule has 130 valence electrons. The zero-order valence-electron chi connectivity index (χ0n) is 14.4. The Morgan fingerprint density at radius 2 is 1.80 bits per heavy atom. The van der Waals surface area contributed by atoms with Gasteiger partial charge in [0.1, 0.15) is 0 Å². The first-order chi connectivity index (χ1) is 11.7. The Morgan fingerprint density at radius 1 is 1.16 bits per heavy atom. The lowest BCUT2D eigenvalue weighted by Crippen LogP contribution is -2.13. The van der Waals surface area contributed by atoms with Crippen LogP contribution in [-0.4, -0.2) is 35.3 Å². The number of sulfone groups is 1. The van der Waals surface area contributed by atoms with Crippen LogP contribution >= 0.6 is 0 Å². The molecule has 3 aromatic rings. The van der Waals surface area contributed by atoms with E-state index in [4.69, 9.17) is 0 Å². The van der Waals surface area contributed by atoms with Crippen LogP contribution in [0.4, 0.5) is 5.69 Å². The summed E-state index contributed by atoms with van der Waals surface area (Å²) in [5.41, 5.74) is 3.09. The maximum Gasteiger partial charge on any atom is 0.256 e. The van der Waals surface area contributed by atoms with E-state index in [1.54, 1.807) is 29.9 Å². The summed E-state index contributed by atoms with van der Waals surface area (Å²) in [5.74, 6) is -0.293. The average Bonchev–Trinajstić information content (AvgIpc) is 2.80. The number of carbonyl (C=O) groups is 1. The molecular weight excluding hydrogens is 340 g/mol. The van der Waals surface area contributed by atoms with Gasteiger partial charge in [0.2, 0.25) is 0 Å². The number of fused-ring (bicyclic) bond motifs is 1. The van der Waals surface area contributed by atoms with Crippen molar-refractivity contribution in [2.24, 2.45) is 7.05 Å². The highest BCUT2D eigenvalue weighted by Crippen LogP contribution is 2.23. The summed E-state index contributed by atoms with van der Waals surface area (Å²) in [7, 11) is -1.48. The van der Waals surface area contributed by atoms with Gasteiger partial charge in [-0.05, 0) is 44.2 Å². The molecule has 7 nitrogen and oxygen atoms in total. The molecule has 0 aliphatic carbocycles. The van der Waals surface area contributed by atoms with Crippen LogP contribution in [0.2, 0.25) is 0 Å². The highest BCUT2D eigenvalue weighted by atomic mass is 32.2. The highest BCUT2D eigenvalue weighted by molar-refractivity contribution is 7.90. The predicted octanol–water partition coefficient (Wildman–Crippen LogP) is 2.24. The molecule has 0 saturated heterocycles. The standard InChI is InChI=1S/C17H18N4O3S/c1-10-9-14(15-11(2)20-21(3)16(15)18-10)17(22)19-12-5-7-13(8-6-12)25(4,23)24/h5-9H,1-4H3,(H,19,22). The van der Waals surface area contributed by atoms with E-state index in [1.165, 1.54) is 12.1 Å². The smallest absolute Gasteiger partial charge is 0.256 e. The lowest BCUT2D eigenvalue weighted by Gasteiger charge is -2.08. The lowest BCUT2D eigenvalue weighted by atomic mass is 10.1. The number of nitrogens with zero attached hydrogens (tertiary/aromatic N) is 3. The van der Waals surface area contributed by atoms with Gasteiger partial charge in [0.25, 0.3) is 5.91 Å². The molecular formula is C17H18N4O3S. The van der Waals surface area contributed by atoms with Crippen LogP contribution in [0.3, 0.4) is 0 Å². The summed E-state index contributed by atoms with van der Waals surface area (Å²) in [6.07, 6.45) is 1.14. The minimum Gasteiger partial charge on any atom is -0.322 e. The number of carbonyl (C=O) groups excluding carboxylic acids is 1. The van der Waals surface area contributed by atoms with E-state index in [-0.39, 0.29) is 10.8 Å². The van der Waals surface area contributed by atoms with Gasteiger partial charge in [-0.2, -0.15) is 5.10 Å². The van der Waals surface area contributed by atoms with Crippen molar-refractivity contribution in [1.82, 2.24) is 14.8 Å². The van der Waals surface area contributed by atoms with Crippen LogP contribution in [0.15, 0.2) is 35.2 Å². The van der Waals surface area contributed by atoms with E-state index < -0.39 is 9.84 Å². The van der Waals surface area contributed by atoms with Crippen molar-refractivity contribution in [1.29, 1.82) is 0 Å². The van der Waals surface area contributed by atoms with Crippen LogP contribution in [0.1, 0.15) is 21.7 Å². The Hall–Kier alpha value is -2.74. The number of nitrogens with one attached hydrogen (secondary N) is 1. The Morgan fingerprint density at radius 3 is 2.40 bits per heavy atom. The molecule has 2 heterocycles. The fourth-order valence-electron chi connectivity index (χ4n) is 2.73. The molecule has 0 saturated carbocycles. The second kappa shape index (κ2) is 5.96. The van der Waals surface area contributed by atoms with E-state index in [2.05, 4.69) is 15.4 Å². The Labute approximate surface area is 145 Å². The van der Waals surface area contributed by atoms with E-state index in [0.717, 1.165) is 11.9 Å². The van der Waals surface area contributed by atoms with Gasteiger partial charge in [-0.1, -0.05) is 0 Å². The fraction of sp³-hybridized carbons (Fsp3) is 0.235. The third-order valence-corrected chi connectivity index (χ3v) is 5.01. The summed E-state index contributed by atoms with van der Waals surface area (Å²) in [6.45, 7) is 3.65. The lowest BCUT2D eigenvalue weighted by molar-refractivity contribution is 0.102. The second-order valence-electron chi connectivity index (χ2n) is 5.97. The number of pyridine rings is 1. The SMILES string of the molecule is Cc1cc(C(=O)Nc2ccc(S(C)(=O)=O)cc2)c2c(C)nn(C)c2n1. The largest absolute Gasteiger partial charge is 0.322 e. The number of benzene rings is 1. The van der Waals surface area contributed by atoms with Crippen molar-refractivity contribution in [3.05, 3.63) is 47.3 Å². The molecule has 3 rings (SSSR count). The predicted molar refractivity (Wildman–Crippen MR) is 95.5 cm³/mol. The summed E-state index contributed by atoms with van der Waals surface area (Å²) in [5, 5.41) is 7.83. The minimum atomic E-state index is -3.27. The summed E-state index contributed by atoms with van der Waals surface area (Å²) >= 11 is 0. The van der Waals surface area contributed by atoms with E-state index >= 15 is 0 Å². The molecule has 1 N–H and O–H groups in total. The third kappa shape index (κ3) is 3.25. The number of aryl methyl sites for hydroxylation is 3. The van der Waals surface area contributed by atoms with Gasteiger partial charge in [0, 0.05) is 24.7 Å². The first kappa shape index (κ1) is 17.1. The topological polar surface area (TPSA) is 94.0 Å². The molecule has 2 aromatic heterocycles. The normalized spacial score (nSPS) is 11.7. The van der Waals surface area contributed by atoms with Gasteiger partial charge < -0.3 is 5.32 Å². The molecule has 0 aliphatic heterocycles. The zero-order chi connectivity index (χ0) is 18.4. The fourth-order valence-corrected chi connectivity index (χ4v) is 3.36. The molecule has 0 unspecified atom stereocenters. The Balaban J connectivity index is 1.98. The van der Waals surface area contributed by atoms with Gasteiger partial charge in [0.15, 0.2) is 15.5 Å². The molecule has 1 amide bonds. The summed E-state index contributed by atoms with van der Waals surface area (Å²) in [6, 6.07) is 7.78. The number of rotatable bonds is 3. The van der Waals surface area contributed by atoms with Crippen molar-refractivity contribution in [2.75, 3.05) is 11.6 Å². The van der Waals surface area contributed by atoms with Crippen LogP contribution in [0, 0.1) is 13.8 Å². The number of hydrogen-bond donors (Lipinski definition) is 1. The van der Waals surface area contributed by atoms with E-state index in [0.29, 0.717) is 28.0 Å². The van der Waals surface area contributed by atoms with Gasteiger partial charge in [-0.25, -0.2) is 13.4 Å².